The molecule has 0 unspecified atom stereocenters. The molecule has 1 aromatic rings. The number of carbonyl (C=O) groups is 1. The van der Waals surface area contributed by atoms with E-state index in [0.29, 0.717) is 24.7 Å². The maximum Gasteiger partial charge on any atom is 0.263 e. The van der Waals surface area contributed by atoms with Crippen LogP contribution in [0.4, 0.5) is 5.82 Å². The number of amides is 1. The summed E-state index contributed by atoms with van der Waals surface area (Å²) in [5.74, 6) is 0.578. The van der Waals surface area contributed by atoms with Gasteiger partial charge in [0.15, 0.2) is 0 Å². The molecule has 7 heteroatoms. The molecule has 100 valence electrons. The third-order valence-electron chi connectivity index (χ3n) is 2.05. The van der Waals surface area contributed by atoms with Gasteiger partial charge in [-0.1, -0.05) is 0 Å². The quantitative estimate of drug-likeness (QED) is 0.360. The van der Waals surface area contributed by atoms with E-state index in [0.717, 1.165) is 4.47 Å². The molecular weight excluding hydrogens is 332 g/mol. The molecule has 1 amide bonds. The molecule has 0 saturated carbocycles. The van der Waals surface area contributed by atoms with Gasteiger partial charge >= 0.3 is 0 Å². The predicted octanol–water partition coefficient (Wildman–Crippen LogP) is 2.41. The number of hydrogen-bond acceptors (Lipinski definition) is 4. The Morgan fingerprint density at radius 1 is 1.58 bits per heavy atom. The first-order chi connectivity index (χ1) is 9.17. The minimum absolute atomic E-state index is 0.0145. The van der Waals surface area contributed by atoms with Crippen LogP contribution in [0.5, 0.6) is 0 Å². The number of nitrogens with one attached hydrogen (secondary N) is 2. The van der Waals surface area contributed by atoms with E-state index in [1.807, 2.05) is 6.07 Å². The minimum atomic E-state index is -0.433. The molecule has 0 fully saturated rings. The molecule has 0 atom stereocenters. The van der Waals surface area contributed by atoms with Crippen LogP contribution in [0.2, 0.25) is 0 Å². The summed E-state index contributed by atoms with van der Waals surface area (Å²) < 4.78 is 0.848. The highest BCUT2D eigenvalue weighted by atomic mass is 79.9. The van der Waals surface area contributed by atoms with Gasteiger partial charge in [0.2, 0.25) is 0 Å². The number of pyridine rings is 1. The van der Waals surface area contributed by atoms with Gasteiger partial charge in [0.1, 0.15) is 17.5 Å². The summed E-state index contributed by atoms with van der Waals surface area (Å²) in [6.45, 7) is 0.442. The second-order valence-corrected chi connectivity index (χ2v) is 4.77. The van der Waals surface area contributed by atoms with Gasteiger partial charge in [0, 0.05) is 29.3 Å². The number of rotatable bonds is 6. The van der Waals surface area contributed by atoms with E-state index in [1.165, 1.54) is 6.20 Å². The number of halogens is 2. The Bertz CT molecular complexity index is 495. The fraction of sp³-hybridized carbons (Fsp3) is 0.250. The smallest absolute Gasteiger partial charge is 0.263 e. The van der Waals surface area contributed by atoms with Crippen molar-refractivity contribution in [3.05, 3.63) is 34.6 Å². The summed E-state index contributed by atoms with van der Waals surface area (Å²) in [5, 5.41) is 14.3. The fourth-order valence-corrected chi connectivity index (χ4v) is 1.49. The molecule has 0 spiro atoms. The fourth-order valence-electron chi connectivity index (χ4n) is 1.12. The van der Waals surface area contributed by atoms with Gasteiger partial charge in [-0.05, 0) is 34.5 Å². The number of nitrogens with zero attached hydrogens (tertiary/aromatic N) is 2. The molecular formula is C12H12BrClN4O. The van der Waals surface area contributed by atoms with Crippen molar-refractivity contribution in [1.29, 1.82) is 5.26 Å². The second-order valence-electron chi connectivity index (χ2n) is 3.47. The number of carbonyl (C=O) groups excluding carboxylic acids is 1. The van der Waals surface area contributed by atoms with Gasteiger partial charge in [0.25, 0.3) is 5.91 Å². The summed E-state index contributed by atoms with van der Waals surface area (Å²) in [6, 6.07) is 5.35. The van der Waals surface area contributed by atoms with Gasteiger partial charge in [-0.25, -0.2) is 4.98 Å². The Morgan fingerprint density at radius 3 is 2.95 bits per heavy atom. The van der Waals surface area contributed by atoms with Gasteiger partial charge in [-0.15, -0.1) is 11.6 Å². The first-order valence-corrected chi connectivity index (χ1v) is 6.82. The number of alkyl halides is 1. The standard InChI is InChI=1S/C12H12BrClN4O/c13-10-2-3-11(18-8-10)17-7-9(6-15)12(19)16-5-1-4-14/h2-3,7-8H,1,4-5H2,(H,16,19)(H,17,18)/b9-7-. The third-order valence-corrected chi connectivity index (χ3v) is 2.79. The molecule has 1 aromatic heterocycles. The van der Waals surface area contributed by atoms with Gasteiger partial charge in [-0.3, -0.25) is 4.79 Å². The Kier molecular flexibility index (Phi) is 6.93. The zero-order chi connectivity index (χ0) is 14.1. The Balaban J connectivity index is 2.59. The van der Waals surface area contributed by atoms with Crippen LogP contribution in [0, 0.1) is 11.3 Å². The molecule has 0 aliphatic rings. The lowest BCUT2D eigenvalue weighted by molar-refractivity contribution is -0.117. The van der Waals surface area contributed by atoms with Crippen LogP contribution >= 0.6 is 27.5 Å². The van der Waals surface area contributed by atoms with Gasteiger partial charge in [-0.2, -0.15) is 5.26 Å². The van der Waals surface area contributed by atoms with E-state index in [-0.39, 0.29) is 5.57 Å². The molecule has 0 aromatic carbocycles. The maximum absolute atomic E-state index is 11.6. The Hall–Kier alpha value is -1.58. The van der Waals surface area contributed by atoms with Gasteiger partial charge in [0.05, 0.1) is 0 Å². The van der Waals surface area contributed by atoms with Crippen molar-refractivity contribution in [2.45, 2.75) is 6.42 Å². The lowest BCUT2D eigenvalue weighted by Crippen LogP contribution is -2.26. The Morgan fingerprint density at radius 2 is 2.37 bits per heavy atom. The largest absolute Gasteiger partial charge is 0.351 e. The van der Waals surface area contributed by atoms with E-state index in [1.54, 1.807) is 18.3 Å². The monoisotopic (exact) mass is 342 g/mol. The van der Waals surface area contributed by atoms with Crippen LogP contribution in [-0.4, -0.2) is 23.3 Å². The number of anilines is 1. The van der Waals surface area contributed by atoms with E-state index in [2.05, 4.69) is 31.5 Å². The predicted molar refractivity (Wildman–Crippen MR) is 77.6 cm³/mol. The van der Waals surface area contributed by atoms with E-state index in [4.69, 9.17) is 16.9 Å². The summed E-state index contributed by atoms with van der Waals surface area (Å²) >= 11 is 8.76. The average Bonchev–Trinajstić information content (AvgIpc) is 2.42. The summed E-state index contributed by atoms with van der Waals surface area (Å²) in [5.41, 5.74) is -0.0145. The summed E-state index contributed by atoms with van der Waals surface area (Å²) in [6.07, 6.45) is 3.60. The molecule has 1 heterocycles. The molecule has 0 saturated heterocycles. The highest BCUT2D eigenvalue weighted by Crippen LogP contribution is 2.10. The average molecular weight is 344 g/mol. The van der Waals surface area contributed by atoms with Crippen LogP contribution < -0.4 is 10.6 Å². The van der Waals surface area contributed by atoms with Crippen LogP contribution in [0.25, 0.3) is 0 Å². The Labute approximate surface area is 124 Å². The zero-order valence-electron chi connectivity index (χ0n) is 9.99. The topological polar surface area (TPSA) is 77.8 Å². The van der Waals surface area contributed by atoms with Crippen molar-refractivity contribution in [3.63, 3.8) is 0 Å². The molecule has 1 rings (SSSR count). The van der Waals surface area contributed by atoms with Crippen LogP contribution in [0.3, 0.4) is 0 Å². The molecule has 0 aliphatic heterocycles. The second kappa shape index (κ2) is 8.51. The molecule has 0 aliphatic carbocycles. The highest BCUT2D eigenvalue weighted by molar-refractivity contribution is 9.10. The SMILES string of the molecule is N#C/C(=C/Nc1ccc(Br)cn1)C(=O)NCCCCl. The summed E-state index contributed by atoms with van der Waals surface area (Å²) in [7, 11) is 0. The van der Waals surface area contributed by atoms with Crippen LogP contribution in [0.1, 0.15) is 6.42 Å². The van der Waals surface area contributed by atoms with E-state index < -0.39 is 5.91 Å². The lowest BCUT2D eigenvalue weighted by Gasteiger charge is -2.03. The molecule has 19 heavy (non-hydrogen) atoms. The number of nitriles is 1. The molecule has 0 bridgehead atoms. The first kappa shape index (κ1) is 15.5. The minimum Gasteiger partial charge on any atom is -0.351 e. The van der Waals surface area contributed by atoms with E-state index >= 15 is 0 Å². The van der Waals surface area contributed by atoms with Gasteiger partial charge < -0.3 is 10.6 Å². The van der Waals surface area contributed by atoms with Crippen molar-refractivity contribution in [1.82, 2.24) is 10.3 Å². The van der Waals surface area contributed by atoms with Crippen molar-refractivity contribution in [2.75, 3.05) is 17.7 Å². The van der Waals surface area contributed by atoms with Crippen LogP contribution in [-0.2, 0) is 4.79 Å². The number of hydrogen-bond donors (Lipinski definition) is 2. The van der Waals surface area contributed by atoms with Crippen LogP contribution in [0.15, 0.2) is 34.6 Å². The number of aromatic nitrogens is 1. The van der Waals surface area contributed by atoms with Crippen molar-refractivity contribution in [2.24, 2.45) is 0 Å². The molecule has 0 radical (unpaired) electrons. The third kappa shape index (κ3) is 5.73. The lowest BCUT2D eigenvalue weighted by atomic mass is 10.3. The highest BCUT2D eigenvalue weighted by Gasteiger charge is 2.07. The first-order valence-electron chi connectivity index (χ1n) is 5.50. The molecule has 2 N–H and O–H groups in total. The maximum atomic E-state index is 11.6. The zero-order valence-corrected chi connectivity index (χ0v) is 12.3. The normalized spacial score (nSPS) is 10.7. The van der Waals surface area contributed by atoms with Crippen molar-refractivity contribution < 1.29 is 4.79 Å². The van der Waals surface area contributed by atoms with Crippen molar-refractivity contribution in [3.8, 4) is 6.07 Å². The summed E-state index contributed by atoms with van der Waals surface area (Å²) in [4.78, 5) is 15.7. The van der Waals surface area contributed by atoms with Crippen molar-refractivity contribution >= 4 is 39.3 Å². The molecule has 5 nitrogen and oxygen atoms in total. The van der Waals surface area contributed by atoms with E-state index in [9.17, 15) is 4.79 Å².